The number of esters is 1. The number of aliphatic carboxylic acids is 1. The molecule has 6 N–H and O–H groups in total. The Morgan fingerprint density at radius 1 is 1.05 bits per heavy atom. The summed E-state index contributed by atoms with van der Waals surface area (Å²) in [4.78, 5) is 40.6. The van der Waals surface area contributed by atoms with Crippen LogP contribution in [0.2, 0.25) is 0 Å². The van der Waals surface area contributed by atoms with Gasteiger partial charge in [0.25, 0.3) is 5.91 Å². The van der Waals surface area contributed by atoms with Gasteiger partial charge in [-0.05, 0) is 31.5 Å². The van der Waals surface area contributed by atoms with Crippen LogP contribution in [-0.2, 0) is 35.2 Å². The number of hydrogen-bond acceptors (Lipinski definition) is 12. The highest BCUT2D eigenvalue weighted by Gasteiger charge is 2.48. The number of carbonyl (C=O) groups excluding carboxylic acids is 2. The molecule has 1 fully saturated rings. The third-order valence-corrected chi connectivity index (χ3v) is 4.97. The number of benzene rings is 1. The van der Waals surface area contributed by atoms with Crippen LogP contribution in [0.5, 0.6) is 5.75 Å². The fraction of sp³-hybridized carbons (Fsp3) is 0.609. The molecule has 14 heteroatoms. The van der Waals surface area contributed by atoms with E-state index in [9.17, 15) is 34.8 Å². The maximum atomic E-state index is 12.9. The second-order valence-corrected chi connectivity index (χ2v) is 8.45. The number of nitrogens with one attached hydrogen (secondary N) is 2. The van der Waals surface area contributed by atoms with Crippen molar-refractivity contribution in [3.8, 4) is 5.75 Å². The molecule has 1 aliphatic rings. The predicted molar refractivity (Wildman–Crippen MR) is 124 cm³/mol. The van der Waals surface area contributed by atoms with Gasteiger partial charge in [0, 0.05) is 19.5 Å². The summed E-state index contributed by atoms with van der Waals surface area (Å²) < 4.78 is 21.0. The Bertz CT molecular complexity index is 912. The Hall–Kier alpha value is -2.85. The number of carboxylic acids is 1. The van der Waals surface area contributed by atoms with E-state index in [-0.39, 0.29) is 43.7 Å². The second-order valence-electron chi connectivity index (χ2n) is 8.45. The zero-order valence-corrected chi connectivity index (χ0v) is 20.8. The highest BCUT2D eigenvalue weighted by molar-refractivity contribution is 5.97. The average molecular weight is 531 g/mol. The van der Waals surface area contributed by atoms with Gasteiger partial charge in [-0.2, -0.15) is 5.48 Å². The van der Waals surface area contributed by atoms with E-state index in [2.05, 4.69) is 10.8 Å². The first-order chi connectivity index (χ1) is 17.5. The molecule has 0 aromatic heterocycles. The molecular formula is C23H34N2O12. The molecule has 1 aliphatic heterocycles. The number of amides is 1. The summed E-state index contributed by atoms with van der Waals surface area (Å²) in [5.41, 5.74) is 3.17. The van der Waals surface area contributed by atoms with Crippen LogP contribution >= 0.6 is 0 Å². The van der Waals surface area contributed by atoms with Crippen LogP contribution in [0.25, 0.3) is 0 Å². The van der Waals surface area contributed by atoms with Gasteiger partial charge < -0.3 is 44.7 Å². The second kappa shape index (κ2) is 14.8. The van der Waals surface area contributed by atoms with E-state index in [4.69, 9.17) is 23.8 Å². The minimum atomic E-state index is -1.90. The molecule has 208 valence electrons. The van der Waals surface area contributed by atoms with E-state index >= 15 is 0 Å². The van der Waals surface area contributed by atoms with Crippen molar-refractivity contribution in [2.24, 2.45) is 0 Å². The van der Waals surface area contributed by atoms with Crippen LogP contribution in [0.15, 0.2) is 18.2 Å². The molecule has 0 bridgehead atoms. The number of rotatable bonds is 14. The zero-order chi connectivity index (χ0) is 27.5. The molecular weight excluding hydrogens is 496 g/mol. The number of aliphatic hydroxyl groups excluding tert-OH is 3. The first kappa shape index (κ1) is 30.4. The molecule has 1 aromatic carbocycles. The van der Waals surface area contributed by atoms with Gasteiger partial charge in [0.2, 0.25) is 6.29 Å². The van der Waals surface area contributed by atoms with E-state index in [0.29, 0.717) is 12.2 Å². The molecule has 14 nitrogen and oxygen atoms in total. The quantitative estimate of drug-likeness (QED) is 0.0942. The number of hydroxylamine groups is 1. The van der Waals surface area contributed by atoms with Crippen molar-refractivity contribution in [3.63, 3.8) is 0 Å². The van der Waals surface area contributed by atoms with Gasteiger partial charge in [0.05, 0.1) is 25.4 Å². The van der Waals surface area contributed by atoms with Gasteiger partial charge in [-0.3, -0.25) is 14.4 Å². The molecule has 2 rings (SSSR count). The molecule has 5 atom stereocenters. The molecule has 1 aromatic rings. The van der Waals surface area contributed by atoms with Crippen molar-refractivity contribution in [1.29, 1.82) is 0 Å². The van der Waals surface area contributed by atoms with E-state index in [1.807, 2.05) is 13.8 Å². The Balaban J connectivity index is 2.08. The van der Waals surface area contributed by atoms with Crippen molar-refractivity contribution in [3.05, 3.63) is 29.3 Å². The van der Waals surface area contributed by atoms with Crippen LogP contribution in [0.3, 0.4) is 0 Å². The third kappa shape index (κ3) is 9.51. The summed E-state index contributed by atoms with van der Waals surface area (Å²) in [6.07, 6.45) is -9.18. The van der Waals surface area contributed by atoms with Gasteiger partial charge >= 0.3 is 11.9 Å². The van der Waals surface area contributed by atoms with E-state index in [1.165, 1.54) is 25.1 Å². The lowest BCUT2D eigenvalue weighted by Crippen LogP contribution is -2.61. The first-order valence-corrected chi connectivity index (χ1v) is 11.6. The molecule has 0 aliphatic carbocycles. The topological polar surface area (TPSA) is 202 Å². The maximum absolute atomic E-state index is 12.9. The van der Waals surface area contributed by atoms with Crippen molar-refractivity contribution >= 4 is 17.8 Å². The van der Waals surface area contributed by atoms with Gasteiger partial charge in [-0.1, -0.05) is 6.07 Å². The molecule has 0 radical (unpaired) electrons. The Labute approximate surface area is 213 Å². The molecule has 1 amide bonds. The Morgan fingerprint density at radius 2 is 1.78 bits per heavy atom. The Morgan fingerprint density at radius 3 is 2.43 bits per heavy atom. The average Bonchev–Trinajstić information content (AvgIpc) is 2.84. The van der Waals surface area contributed by atoms with Crippen LogP contribution in [0.4, 0.5) is 0 Å². The fourth-order valence-electron chi connectivity index (χ4n) is 3.17. The van der Waals surface area contributed by atoms with Crippen LogP contribution in [0, 0.1) is 0 Å². The summed E-state index contributed by atoms with van der Waals surface area (Å²) in [6, 6.07) is 4.37. The van der Waals surface area contributed by atoms with E-state index in [0.717, 1.165) is 0 Å². The van der Waals surface area contributed by atoms with E-state index in [1.54, 1.807) is 0 Å². The van der Waals surface area contributed by atoms with Crippen molar-refractivity contribution in [2.45, 2.75) is 64.1 Å². The van der Waals surface area contributed by atoms with Gasteiger partial charge in [-0.15, -0.1) is 0 Å². The SMILES string of the molecule is CC(=O)OCc1ccc(O[C@@H]2O[C@H](C(=O)O)[C@@H](O)[C@H](O)[C@H]2O)c(C(=O)NCCOCCONC(C)C)c1. The standard InChI is InChI=1S/C23H34N2O12/c1-12(2)25-35-9-8-33-7-6-24-21(30)15-10-14(11-34-13(3)26)4-5-16(15)36-23-19(29)17(27)18(28)20(37-23)22(31)32/h4-5,10,12,17-20,23,25,27-29H,6-9,11H2,1-3H3,(H,24,30)(H,31,32)/t17-,18-,19+,20-,23+/m0/s1. The largest absolute Gasteiger partial charge is 0.479 e. The number of hydrogen-bond donors (Lipinski definition) is 6. The lowest BCUT2D eigenvalue weighted by molar-refractivity contribution is -0.271. The van der Waals surface area contributed by atoms with E-state index < -0.39 is 48.6 Å². The van der Waals surface area contributed by atoms with Crippen molar-refractivity contribution < 1.29 is 58.6 Å². The number of aliphatic hydroxyl groups is 3. The lowest BCUT2D eigenvalue weighted by atomic mass is 9.99. The predicted octanol–water partition coefficient (Wildman–Crippen LogP) is -1.30. The molecule has 0 saturated carbocycles. The minimum absolute atomic E-state index is 0.0441. The molecule has 1 saturated heterocycles. The van der Waals surface area contributed by atoms with Crippen LogP contribution < -0.4 is 15.5 Å². The summed E-state index contributed by atoms with van der Waals surface area (Å²) in [7, 11) is 0. The molecule has 0 spiro atoms. The maximum Gasteiger partial charge on any atom is 0.335 e. The fourth-order valence-corrected chi connectivity index (χ4v) is 3.17. The Kier molecular flexibility index (Phi) is 12.1. The van der Waals surface area contributed by atoms with Gasteiger partial charge in [0.1, 0.15) is 30.7 Å². The normalized spacial score (nSPS) is 23.5. The number of carboxylic acid groups (broad SMARTS) is 1. The number of carbonyl (C=O) groups is 3. The molecule has 37 heavy (non-hydrogen) atoms. The summed E-state index contributed by atoms with van der Waals surface area (Å²) in [5.74, 6) is -2.83. The first-order valence-electron chi connectivity index (χ1n) is 11.6. The smallest absolute Gasteiger partial charge is 0.335 e. The lowest BCUT2D eigenvalue weighted by Gasteiger charge is -2.38. The zero-order valence-electron chi connectivity index (χ0n) is 20.8. The van der Waals surface area contributed by atoms with Crippen LogP contribution in [0.1, 0.15) is 36.7 Å². The molecule has 1 heterocycles. The van der Waals surface area contributed by atoms with Crippen molar-refractivity contribution in [1.82, 2.24) is 10.8 Å². The summed E-state index contributed by atoms with van der Waals surface area (Å²) >= 11 is 0. The highest BCUT2D eigenvalue weighted by atomic mass is 16.7. The monoisotopic (exact) mass is 530 g/mol. The molecule has 0 unspecified atom stereocenters. The summed E-state index contributed by atoms with van der Waals surface area (Å²) in [5, 5.41) is 42.0. The van der Waals surface area contributed by atoms with Gasteiger partial charge in [0.15, 0.2) is 6.10 Å². The number of ether oxygens (including phenoxy) is 4. The highest BCUT2D eigenvalue weighted by Crippen LogP contribution is 2.28. The summed E-state index contributed by atoms with van der Waals surface area (Å²) in [6.45, 7) is 5.85. The minimum Gasteiger partial charge on any atom is -0.479 e. The van der Waals surface area contributed by atoms with Crippen LogP contribution in [-0.4, -0.2) is 101 Å². The van der Waals surface area contributed by atoms with Crippen molar-refractivity contribution in [2.75, 3.05) is 26.4 Å². The van der Waals surface area contributed by atoms with Gasteiger partial charge in [-0.25, -0.2) is 4.79 Å². The third-order valence-electron chi connectivity index (χ3n) is 4.97.